The first-order chi connectivity index (χ1) is 14.0. The Morgan fingerprint density at radius 2 is 1.41 bits per heavy atom. The molecule has 3 N–H and O–H groups in total. The second-order valence-electron chi connectivity index (χ2n) is 6.13. The zero-order valence-corrected chi connectivity index (χ0v) is 15.4. The van der Waals surface area contributed by atoms with E-state index in [0.717, 1.165) is 21.8 Å². The first-order valence-corrected chi connectivity index (χ1v) is 8.82. The fraction of sp³-hybridized carbons (Fsp3) is 0.143. The van der Waals surface area contributed by atoms with Gasteiger partial charge in [-0.3, -0.25) is 0 Å². The first kappa shape index (κ1) is 19.8. The maximum atomic E-state index is 12.4. The van der Waals surface area contributed by atoms with Crippen LogP contribution in [0.1, 0.15) is 16.8 Å². The predicted molar refractivity (Wildman–Crippen MR) is 103 cm³/mol. The molecule has 2 aromatic carbocycles. The molecule has 8 nitrogen and oxygen atoms in total. The van der Waals surface area contributed by atoms with Gasteiger partial charge in [-0.25, -0.2) is 14.2 Å². The van der Waals surface area contributed by atoms with E-state index in [1.807, 2.05) is 36.4 Å². The highest BCUT2D eigenvalue weighted by atomic mass is 16.6. The monoisotopic (exact) mass is 396 g/mol. The van der Waals surface area contributed by atoms with Crippen LogP contribution >= 0.6 is 0 Å². The molecule has 3 aromatic rings. The van der Waals surface area contributed by atoms with Crippen molar-refractivity contribution in [2.24, 2.45) is 0 Å². The van der Waals surface area contributed by atoms with Gasteiger partial charge in [0.05, 0.1) is 12.2 Å². The Kier molecular flexibility index (Phi) is 6.36. The summed E-state index contributed by atoms with van der Waals surface area (Å²) < 4.78 is 11.0. The molecule has 8 heteroatoms. The van der Waals surface area contributed by atoms with Gasteiger partial charge in [-0.05, 0) is 11.1 Å². The third-order valence-electron chi connectivity index (χ3n) is 4.06. The van der Waals surface area contributed by atoms with Gasteiger partial charge in [0.1, 0.15) is 19.0 Å². The summed E-state index contributed by atoms with van der Waals surface area (Å²) in [5.41, 5.74) is 1.55. The highest BCUT2D eigenvalue weighted by molar-refractivity contribution is 5.75. The summed E-state index contributed by atoms with van der Waals surface area (Å²) in [6.45, 7) is -0.186. The Morgan fingerprint density at radius 1 is 0.862 bits per heavy atom. The Bertz CT molecular complexity index is 970. The van der Waals surface area contributed by atoms with Crippen LogP contribution in [0.2, 0.25) is 0 Å². The second-order valence-corrected chi connectivity index (χ2v) is 6.13. The second kappa shape index (κ2) is 9.32. The number of benzene rings is 2. The number of hydrogen-bond acceptors (Lipinski definition) is 6. The minimum Gasteiger partial charge on any atom is -0.506 e. The van der Waals surface area contributed by atoms with Crippen molar-refractivity contribution in [2.45, 2.75) is 19.8 Å². The van der Waals surface area contributed by atoms with E-state index < -0.39 is 18.1 Å². The smallest absolute Gasteiger partial charge is 0.421 e. The number of amides is 1. The van der Waals surface area contributed by atoms with Gasteiger partial charge in [0.15, 0.2) is 0 Å². The molecule has 0 aliphatic heterocycles. The third kappa shape index (κ3) is 5.29. The van der Waals surface area contributed by atoms with Gasteiger partial charge in [0, 0.05) is 6.07 Å². The lowest BCUT2D eigenvalue weighted by Crippen LogP contribution is -2.26. The minimum absolute atomic E-state index is 0.00988. The zero-order chi connectivity index (χ0) is 20.6. The number of aromatic hydroxyl groups is 2. The summed E-state index contributed by atoms with van der Waals surface area (Å²) in [6, 6.07) is 19.1. The van der Waals surface area contributed by atoms with Crippen molar-refractivity contribution in [2.75, 3.05) is 0 Å². The number of rotatable bonds is 6. The molecule has 150 valence electrons. The molecule has 0 bridgehead atoms. The van der Waals surface area contributed by atoms with Crippen LogP contribution in [-0.2, 0) is 29.2 Å². The van der Waals surface area contributed by atoms with Crippen molar-refractivity contribution >= 4 is 12.2 Å². The molecule has 3 rings (SSSR count). The number of ether oxygens (including phenoxy) is 2. The molecule has 1 heterocycles. The van der Waals surface area contributed by atoms with Gasteiger partial charge in [-0.1, -0.05) is 60.7 Å². The molecular formula is C21H20N2O6. The van der Waals surface area contributed by atoms with Crippen LogP contribution in [0.5, 0.6) is 11.6 Å². The third-order valence-corrected chi connectivity index (χ3v) is 4.06. The van der Waals surface area contributed by atoms with Crippen molar-refractivity contribution in [3.8, 4) is 11.6 Å². The van der Waals surface area contributed by atoms with E-state index in [1.54, 1.807) is 24.3 Å². The van der Waals surface area contributed by atoms with Crippen LogP contribution in [0.15, 0.2) is 66.7 Å². The molecule has 0 aliphatic rings. The average Bonchev–Trinajstić information content (AvgIpc) is 3.03. The Morgan fingerprint density at radius 3 is 2.00 bits per heavy atom. The Hall–Kier alpha value is -3.94. The topological polar surface area (TPSA) is 110 Å². The lowest BCUT2D eigenvalue weighted by Gasteiger charge is -2.11. The number of carbonyl (C=O) groups is 2. The van der Waals surface area contributed by atoms with Gasteiger partial charge in [-0.2, -0.15) is 0 Å². The largest absolute Gasteiger partial charge is 0.506 e. The van der Waals surface area contributed by atoms with Crippen LogP contribution in [0.3, 0.4) is 0 Å². The highest BCUT2D eigenvalue weighted by Gasteiger charge is 2.21. The molecule has 0 radical (unpaired) electrons. The fourth-order valence-corrected chi connectivity index (χ4v) is 2.61. The van der Waals surface area contributed by atoms with Crippen molar-refractivity contribution in [3.63, 3.8) is 0 Å². The molecular weight excluding hydrogens is 376 g/mol. The summed E-state index contributed by atoms with van der Waals surface area (Å²) in [7, 11) is 0. The van der Waals surface area contributed by atoms with Crippen LogP contribution in [-0.4, -0.2) is 27.0 Å². The molecule has 1 aromatic heterocycles. The lowest BCUT2D eigenvalue weighted by atomic mass is 10.2. The lowest BCUT2D eigenvalue weighted by molar-refractivity contribution is 0.134. The maximum absolute atomic E-state index is 12.4. The first-order valence-electron chi connectivity index (χ1n) is 8.82. The average molecular weight is 396 g/mol. The number of hydrogen-bond donors (Lipinski definition) is 3. The summed E-state index contributed by atoms with van der Waals surface area (Å²) in [6.07, 6.45) is -1.63. The van der Waals surface area contributed by atoms with Gasteiger partial charge in [-0.15, -0.1) is 0 Å². The Balaban J connectivity index is 1.59. The quantitative estimate of drug-likeness (QED) is 0.588. The number of nitrogens with zero attached hydrogens (tertiary/aromatic N) is 1. The number of nitrogens with one attached hydrogen (secondary N) is 1. The van der Waals surface area contributed by atoms with Gasteiger partial charge in [0.25, 0.3) is 0 Å². The van der Waals surface area contributed by atoms with Crippen LogP contribution in [0.25, 0.3) is 0 Å². The van der Waals surface area contributed by atoms with E-state index in [-0.39, 0.29) is 31.2 Å². The summed E-state index contributed by atoms with van der Waals surface area (Å²) in [5, 5.41) is 22.4. The highest BCUT2D eigenvalue weighted by Crippen LogP contribution is 2.27. The molecule has 0 saturated carbocycles. The van der Waals surface area contributed by atoms with E-state index in [4.69, 9.17) is 9.47 Å². The van der Waals surface area contributed by atoms with Gasteiger partial charge >= 0.3 is 12.2 Å². The molecule has 1 amide bonds. The normalized spacial score (nSPS) is 10.3. The molecule has 0 spiro atoms. The zero-order valence-electron chi connectivity index (χ0n) is 15.4. The molecule has 0 fully saturated rings. The number of alkyl carbamates (subject to hydrolysis) is 1. The summed E-state index contributed by atoms with van der Waals surface area (Å²) in [5.74, 6) is -0.863. The van der Waals surface area contributed by atoms with E-state index in [0.29, 0.717) is 0 Å². The van der Waals surface area contributed by atoms with Crippen molar-refractivity contribution in [3.05, 3.63) is 83.6 Å². The summed E-state index contributed by atoms with van der Waals surface area (Å²) >= 11 is 0. The van der Waals surface area contributed by atoms with Crippen LogP contribution in [0.4, 0.5) is 9.59 Å². The van der Waals surface area contributed by atoms with Crippen molar-refractivity contribution in [1.29, 1.82) is 0 Å². The van der Waals surface area contributed by atoms with Crippen LogP contribution < -0.4 is 5.32 Å². The van der Waals surface area contributed by atoms with Crippen molar-refractivity contribution < 1.29 is 29.3 Å². The van der Waals surface area contributed by atoms with E-state index in [2.05, 4.69) is 5.32 Å². The molecule has 0 saturated heterocycles. The molecule has 0 atom stereocenters. The SMILES string of the molecule is O=C(NCc1c(O)cc(O)n1C(=O)OCc1ccccc1)OCc1ccccc1. The van der Waals surface area contributed by atoms with Crippen molar-refractivity contribution in [1.82, 2.24) is 9.88 Å². The van der Waals surface area contributed by atoms with E-state index in [1.165, 1.54) is 0 Å². The van der Waals surface area contributed by atoms with E-state index in [9.17, 15) is 19.8 Å². The predicted octanol–water partition coefficient (Wildman–Crippen LogP) is 3.51. The molecule has 0 aliphatic carbocycles. The minimum atomic E-state index is -0.888. The van der Waals surface area contributed by atoms with Crippen LogP contribution in [0, 0.1) is 0 Å². The molecule has 0 unspecified atom stereocenters. The van der Waals surface area contributed by atoms with E-state index >= 15 is 0 Å². The number of carbonyl (C=O) groups excluding carboxylic acids is 2. The maximum Gasteiger partial charge on any atom is 0.421 e. The Labute approximate surface area is 166 Å². The summed E-state index contributed by atoms with van der Waals surface area (Å²) in [4.78, 5) is 24.3. The van der Waals surface area contributed by atoms with Gasteiger partial charge in [0.2, 0.25) is 5.88 Å². The molecule has 29 heavy (non-hydrogen) atoms. The number of aromatic nitrogens is 1. The fourth-order valence-electron chi connectivity index (χ4n) is 2.61. The standard InChI is InChI=1S/C21H20N2O6/c24-18-11-19(25)23(21(27)29-14-16-9-5-2-6-10-16)17(18)12-22-20(26)28-13-15-7-3-1-4-8-15/h1-11,24-25H,12-14H2,(H,22,26). The van der Waals surface area contributed by atoms with Gasteiger partial charge < -0.3 is 25.0 Å².